The van der Waals surface area contributed by atoms with Gasteiger partial charge >= 0.3 is 0 Å². The van der Waals surface area contributed by atoms with Crippen molar-refractivity contribution < 1.29 is 4.79 Å². The summed E-state index contributed by atoms with van der Waals surface area (Å²) in [6.45, 7) is 5.18. The summed E-state index contributed by atoms with van der Waals surface area (Å²) >= 11 is 0. The minimum absolute atomic E-state index is 0.0750. The van der Waals surface area contributed by atoms with Crippen LogP contribution in [0.2, 0.25) is 0 Å². The van der Waals surface area contributed by atoms with Crippen molar-refractivity contribution in [2.45, 2.75) is 38.1 Å². The van der Waals surface area contributed by atoms with Crippen LogP contribution in [-0.4, -0.2) is 59.5 Å². The number of hydrogen-bond donors (Lipinski definition) is 1. The molecule has 0 saturated carbocycles. The fourth-order valence-corrected chi connectivity index (χ4v) is 4.80. The van der Waals surface area contributed by atoms with E-state index in [0.717, 1.165) is 36.5 Å². The number of amides is 1. The molecule has 5 rings (SSSR count). The number of hydrogen-bond acceptors (Lipinski definition) is 5. The molecule has 3 aliphatic rings. The highest BCUT2D eigenvalue weighted by Crippen LogP contribution is 2.30. The number of rotatable bonds is 3. The van der Waals surface area contributed by atoms with Gasteiger partial charge in [-0.2, -0.15) is 0 Å². The summed E-state index contributed by atoms with van der Waals surface area (Å²) in [5.74, 6) is 1.54. The van der Waals surface area contributed by atoms with Gasteiger partial charge in [0.25, 0.3) is 5.91 Å². The van der Waals surface area contributed by atoms with Gasteiger partial charge in [-0.3, -0.25) is 4.79 Å². The smallest absolute Gasteiger partial charge is 0.270 e. The van der Waals surface area contributed by atoms with E-state index in [1.54, 1.807) is 0 Å². The van der Waals surface area contributed by atoms with Crippen molar-refractivity contribution in [2.75, 3.05) is 37.6 Å². The number of aromatic nitrogens is 2. The fraction of sp³-hybridized carbons (Fsp3) is 0.500. The predicted octanol–water partition coefficient (Wildman–Crippen LogP) is 2.49. The number of benzene rings is 1. The van der Waals surface area contributed by atoms with E-state index in [-0.39, 0.29) is 5.91 Å². The fourth-order valence-electron chi connectivity index (χ4n) is 4.80. The number of carbonyl (C=O) groups is 1. The zero-order valence-corrected chi connectivity index (χ0v) is 16.2. The Bertz CT molecular complexity index is 855. The minimum atomic E-state index is -0.0750. The molecule has 0 atom stereocenters. The van der Waals surface area contributed by atoms with Crippen molar-refractivity contribution in [3.63, 3.8) is 0 Å². The molecule has 1 aromatic carbocycles. The molecule has 2 saturated heterocycles. The van der Waals surface area contributed by atoms with Gasteiger partial charge in [-0.15, -0.1) is 0 Å². The third kappa shape index (κ3) is 3.26. The van der Waals surface area contributed by atoms with Crippen molar-refractivity contribution in [3.05, 3.63) is 41.6 Å². The van der Waals surface area contributed by atoms with Crippen molar-refractivity contribution in [1.82, 2.24) is 20.2 Å². The molecule has 0 spiro atoms. The molecule has 1 amide bonds. The Hall–Kier alpha value is -2.47. The third-order valence-electron chi connectivity index (χ3n) is 6.31. The van der Waals surface area contributed by atoms with Gasteiger partial charge in [0.1, 0.15) is 11.5 Å². The summed E-state index contributed by atoms with van der Waals surface area (Å²) in [6, 6.07) is 10.7. The average Bonchev–Trinajstić information content (AvgIpc) is 3.29. The number of anilines is 1. The second-order valence-corrected chi connectivity index (χ2v) is 8.03. The van der Waals surface area contributed by atoms with Gasteiger partial charge in [0.05, 0.1) is 0 Å². The van der Waals surface area contributed by atoms with Gasteiger partial charge in [-0.05, 0) is 45.2 Å². The summed E-state index contributed by atoms with van der Waals surface area (Å²) in [5.41, 5.74) is 2.52. The molecule has 6 heteroatoms. The summed E-state index contributed by atoms with van der Waals surface area (Å²) in [6.07, 6.45) is 5.83. The lowest BCUT2D eigenvalue weighted by molar-refractivity contribution is 0.0940. The topological polar surface area (TPSA) is 61.4 Å². The van der Waals surface area contributed by atoms with E-state index >= 15 is 0 Å². The molecule has 1 aromatic heterocycles. The molecule has 1 N–H and O–H groups in total. The first-order valence-electron chi connectivity index (χ1n) is 10.5. The van der Waals surface area contributed by atoms with Crippen molar-refractivity contribution >= 4 is 11.7 Å². The Labute approximate surface area is 166 Å². The maximum atomic E-state index is 12.5. The van der Waals surface area contributed by atoms with E-state index in [2.05, 4.69) is 20.1 Å². The molecule has 4 heterocycles. The van der Waals surface area contributed by atoms with Crippen LogP contribution in [0.4, 0.5) is 5.82 Å². The lowest BCUT2D eigenvalue weighted by atomic mass is 10.0. The number of likely N-dealkylation sites (tertiary alicyclic amines) is 1. The first kappa shape index (κ1) is 17.6. The first-order valence-corrected chi connectivity index (χ1v) is 10.5. The predicted molar refractivity (Wildman–Crippen MR) is 110 cm³/mol. The molecule has 0 radical (unpaired) electrons. The van der Waals surface area contributed by atoms with Gasteiger partial charge in [-0.25, -0.2) is 9.97 Å². The molecular weight excluding hydrogens is 350 g/mol. The largest absolute Gasteiger partial charge is 0.356 e. The minimum Gasteiger partial charge on any atom is -0.356 e. The van der Waals surface area contributed by atoms with Crippen LogP contribution >= 0.6 is 0 Å². The number of piperidine rings is 1. The van der Waals surface area contributed by atoms with Gasteiger partial charge in [-0.1, -0.05) is 30.3 Å². The van der Waals surface area contributed by atoms with Crippen LogP contribution in [-0.2, 0) is 6.42 Å². The van der Waals surface area contributed by atoms with Crippen LogP contribution in [0.1, 0.15) is 41.7 Å². The highest BCUT2D eigenvalue weighted by Gasteiger charge is 2.31. The summed E-state index contributed by atoms with van der Waals surface area (Å²) in [4.78, 5) is 27.2. The Morgan fingerprint density at radius 3 is 2.46 bits per heavy atom. The highest BCUT2D eigenvalue weighted by atomic mass is 16.1. The zero-order chi connectivity index (χ0) is 18.9. The van der Waals surface area contributed by atoms with Crippen molar-refractivity contribution in [2.24, 2.45) is 0 Å². The molecule has 2 fully saturated rings. The lowest BCUT2D eigenvalue weighted by Crippen LogP contribution is -2.45. The van der Waals surface area contributed by atoms with Gasteiger partial charge in [0.2, 0.25) is 0 Å². The molecule has 146 valence electrons. The molecule has 0 unspecified atom stereocenters. The van der Waals surface area contributed by atoms with E-state index in [9.17, 15) is 4.79 Å². The SMILES string of the molecule is O=C1NCCc2c1nc(-c1ccccc1)nc2N1CCC(N2CCCC2)CC1. The van der Waals surface area contributed by atoms with Crippen molar-refractivity contribution in [1.29, 1.82) is 0 Å². The van der Waals surface area contributed by atoms with Gasteiger partial charge in [0, 0.05) is 36.8 Å². The number of nitrogens with one attached hydrogen (secondary N) is 1. The van der Waals surface area contributed by atoms with Crippen molar-refractivity contribution in [3.8, 4) is 11.4 Å². The Morgan fingerprint density at radius 2 is 1.71 bits per heavy atom. The number of carbonyl (C=O) groups excluding carboxylic acids is 1. The molecule has 3 aliphatic heterocycles. The summed E-state index contributed by atoms with van der Waals surface area (Å²) in [5, 5.41) is 2.94. The maximum absolute atomic E-state index is 12.5. The van der Waals surface area contributed by atoms with E-state index in [1.807, 2.05) is 30.3 Å². The second-order valence-electron chi connectivity index (χ2n) is 8.03. The van der Waals surface area contributed by atoms with Gasteiger partial charge in [0.15, 0.2) is 5.82 Å². The monoisotopic (exact) mass is 377 g/mol. The van der Waals surface area contributed by atoms with Gasteiger partial charge < -0.3 is 15.1 Å². The second kappa shape index (κ2) is 7.51. The van der Waals surface area contributed by atoms with Crippen LogP contribution in [0.5, 0.6) is 0 Å². The lowest BCUT2D eigenvalue weighted by Gasteiger charge is -2.38. The quantitative estimate of drug-likeness (QED) is 0.891. The van der Waals surface area contributed by atoms with E-state index in [0.29, 0.717) is 24.1 Å². The normalized spacial score (nSPS) is 20.9. The Morgan fingerprint density at radius 1 is 0.964 bits per heavy atom. The molecule has 2 aromatic rings. The zero-order valence-electron chi connectivity index (χ0n) is 16.2. The van der Waals surface area contributed by atoms with Crippen LogP contribution in [0.25, 0.3) is 11.4 Å². The van der Waals surface area contributed by atoms with Crippen LogP contribution in [0.15, 0.2) is 30.3 Å². The number of nitrogens with zero attached hydrogens (tertiary/aromatic N) is 4. The van der Waals surface area contributed by atoms with E-state index in [1.165, 1.54) is 38.8 Å². The van der Waals surface area contributed by atoms with Crippen LogP contribution in [0, 0.1) is 0 Å². The highest BCUT2D eigenvalue weighted by molar-refractivity contribution is 5.96. The molecule has 28 heavy (non-hydrogen) atoms. The van der Waals surface area contributed by atoms with Crippen LogP contribution < -0.4 is 10.2 Å². The molecule has 6 nitrogen and oxygen atoms in total. The third-order valence-corrected chi connectivity index (χ3v) is 6.31. The Kier molecular flexibility index (Phi) is 4.72. The standard InChI is InChI=1S/C22H27N5O/c28-22-19-18(8-11-23-22)21(25-20(24-19)16-6-2-1-3-7-16)27-14-9-17(10-15-27)26-12-4-5-13-26/h1-3,6-7,17H,4-5,8-15H2,(H,23,28). The summed E-state index contributed by atoms with van der Waals surface area (Å²) < 4.78 is 0. The summed E-state index contributed by atoms with van der Waals surface area (Å²) in [7, 11) is 0. The first-order chi connectivity index (χ1) is 13.8. The maximum Gasteiger partial charge on any atom is 0.270 e. The molecular formula is C22H27N5O. The van der Waals surface area contributed by atoms with Crippen LogP contribution in [0.3, 0.4) is 0 Å². The average molecular weight is 377 g/mol. The molecule has 0 aliphatic carbocycles. The van der Waals surface area contributed by atoms with E-state index < -0.39 is 0 Å². The Balaban J connectivity index is 1.46. The van der Waals surface area contributed by atoms with E-state index in [4.69, 9.17) is 4.98 Å². The number of fused-ring (bicyclic) bond motifs is 1. The molecule has 0 bridgehead atoms.